The Balaban J connectivity index is 1.52. The van der Waals surface area contributed by atoms with Gasteiger partial charge in [0.05, 0.1) is 6.61 Å². The summed E-state index contributed by atoms with van der Waals surface area (Å²) in [6.45, 7) is 0.801. The summed E-state index contributed by atoms with van der Waals surface area (Å²) < 4.78 is 13.1. The molecule has 1 amide bonds. The standard InChI is InChI=1S/C35H32BrClN2O4/c36-31-12-5-4-11-30(31)32-35(21-6-10-25-8-2-1-3-9-25,34(41)38-24-26-13-17-28(37)18-14-26)39-33(43-32)27-15-19-29(20-16-27)42-23-7-22-40/h1-6,8-20,32,40H,7,21-24H2,(H,38,41)/b10-6+/t32-,35-/m1/s1. The Hall–Kier alpha value is -3.91. The summed E-state index contributed by atoms with van der Waals surface area (Å²) in [7, 11) is 0. The molecule has 5 rings (SSSR count). The molecule has 220 valence electrons. The molecule has 0 aliphatic carbocycles. The van der Waals surface area contributed by atoms with Gasteiger partial charge in [0.2, 0.25) is 5.90 Å². The Morgan fingerprint density at radius 2 is 1.72 bits per heavy atom. The van der Waals surface area contributed by atoms with Gasteiger partial charge in [0.1, 0.15) is 5.75 Å². The highest BCUT2D eigenvalue weighted by atomic mass is 79.9. The Morgan fingerprint density at radius 3 is 2.44 bits per heavy atom. The smallest absolute Gasteiger partial charge is 0.252 e. The summed E-state index contributed by atoms with van der Waals surface area (Å²) >= 11 is 9.76. The van der Waals surface area contributed by atoms with Crippen LogP contribution in [0.3, 0.4) is 0 Å². The summed E-state index contributed by atoms with van der Waals surface area (Å²) in [5, 5.41) is 12.8. The SMILES string of the molecule is O=C(NCc1ccc(Cl)cc1)[C@]1(C/C=C/c2ccccc2)N=C(c2ccc(OCCCO)cc2)O[C@@H]1c1ccccc1Br. The monoisotopic (exact) mass is 658 g/mol. The van der Waals surface area contributed by atoms with Crippen molar-refractivity contribution in [3.05, 3.63) is 141 Å². The number of amides is 1. The maximum absolute atomic E-state index is 14.3. The minimum Gasteiger partial charge on any atom is -0.494 e. The average Bonchev–Trinajstić information content (AvgIpc) is 3.42. The number of rotatable bonds is 12. The van der Waals surface area contributed by atoms with Crippen molar-refractivity contribution in [2.24, 2.45) is 4.99 Å². The van der Waals surface area contributed by atoms with Gasteiger partial charge in [-0.1, -0.05) is 100 Å². The predicted molar refractivity (Wildman–Crippen MR) is 174 cm³/mol. The fraction of sp³-hybridized carbons (Fsp3) is 0.200. The fourth-order valence-electron chi connectivity index (χ4n) is 4.86. The first-order chi connectivity index (χ1) is 21.0. The first-order valence-electron chi connectivity index (χ1n) is 14.1. The number of carbonyl (C=O) groups is 1. The maximum atomic E-state index is 14.3. The van der Waals surface area contributed by atoms with Crippen LogP contribution in [0, 0.1) is 0 Å². The number of hydrogen-bond donors (Lipinski definition) is 2. The first-order valence-corrected chi connectivity index (χ1v) is 15.2. The second-order valence-electron chi connectivity index (χ2n) is 10.1. The lowest BCUT2D eigenvalue weighted by atomic mass is 9.84. The van der Waals surface area contributed by atoms with Crippen LogP contribution < -0.4 is 10.1 Å². The molecule has 0 spiro atoms. The van der Waals surface area contributed by atoms with Crippen LogP contribution in [0.1, 0.15) is 41.2 Å². The van der Waals surface area contributed by atoms with Gasteiger partial charge in [0, 0.05) is 46.6 Å². The number of nitrogens with one attached hydrogen (secondary N) is 1. The van der Waals surface area contributed by atoms with E-state index < -0.39 is 11.6 Å². The Morgan fingerprint density at radius 1 is 1.00 bits per heavy atom. The molecule has 0 fully saturated rings. The minimum absolute atomic E-state index is 0.0695. The highest BCUT2D eigenvalue weighted by Crippen LogP contribution is 2.45. The third-order valence-corrected chi connectivity index (χ3v) is 8.10. The summed E-state index contributed by atoms with van der Waals surface area (Å²) in [6.07, 6.45) is 4.12. The van der Waals surface area contributed by atoms with E-state index in [2.05, 4.69) is 21.2 Å². The topological polar surface area (TPSA) is 80.2 Å². The molecule has 6 nitrogen and oxygen atoms in total. The predicted octanol–water partition coefficient (Wildman–Crippen LogP) is 7.54. The van der Waals surface area contributed by atoms with E-state index in [9.17, 15) is 4.79 Å². The number of aliphatic hydroxyl groups is 1. The van der Waals surface area contributed by atoms with Crippen molar-refractivity contribution in [1.82, 2.24) is 5.32 Å². The second kappa shape index (κ2) is 14.5. The molecule has 2 N–H and O–H groups in total. The van der Waals surface area contributed by atoms with Crippen LogP contribution >= 0.6 is 27.5 Å². The van der Waals surface area contributed by atoms with E-state index in [-0.39, 0.29) is 12.5 Å². The molecule has 4 aromatic rings. The molecule has 1 aliphatic rings. The number of carbonyl (C=O) groups excluding carboxylic acids is 1. The second-order valence-corrected chi connectivity index (χ2v) is 11.4. The van der Waals surface area contributed by atoms with Crippen molar-refractivity contribution in [3.8, 4) is 5.75 Å². The van der Waals surface area contributed by atoms with Crippen LogP contribution in [0.5, 0.6) is 5.75 Å². The van der Waals surface area contributed by atoms with Gasteiger partial charge in [-0.15, -0.1) is 0 Å². The van der Waals surface area contributed by atoms with Crippen LogP contribution in [0.15, 0.2) is 119 Å². The molecule has 8 heteroatoms. The van der Waals surface area contributed by atoms with Crippen LogP contribution in [-0.4, -0.2) is 35.7 Å². The van der Waals surface area contributed by atoms with E-state index >= 15 is 0 Å². The van der Waals surface area contributed by atoms with Crippen LogP contribution in [0.4, 0.5) is 0 Å². The Labute approximate surface area is 265 Å². The molecular formula is C35H32BrClN2O4. The zero-order valence-electron chi connectivity index (χ0n) is 23.5. The summed E-state index contributed by atoms with van der Waals surface area (Å²) in [5.41, 5.74) is 2.19. The van der Waals surface area contributed by atoms with Crippen molar-refractivity contribution in [2.75, 3.05) is 13.2 Å². The van der Waals surface area contributed by atoms with Crippen molar-refractivity contribution in [1.29, 1.82) is 0 Å². The number of aliphatic imine (C=N–C) groups is 1. The molecule has 4 aromatic carbocycles. The molecule has 0 aromatic heterocycles. The van der Waals surface area contributed by atoms with Crippen LogP contribution in [0.2, 0.25) is 5.02 Å². The van der Waals surface area contributed by atoms with Gasteiger partial charge in [-0.3, -0.25) is 4.79 Å². The van der Waals surface area contributed by atoms with Crippen molar-refractivity contribution >= 4 is 45.4 Å². The molecule has 1 aliphatic heterocycles. The first kappa shape index (κ1) is 30.5. The summed E-state index contributed by atoms with van der Waals surface area (Å²) in [6, 6.07) is 32.5. The van der Waals surface area contributed by atoms with E-state index in [1.807, 2.05) is 103 Å². The molecule has 0 saturated heterocycles. The quantitative estimate of drug-likeness (QED) is 0.154. The third kappa shape index (κ3) is 7.54. The zero-order chi connectivity index (χ0) is 30.1. The van der Waals surface area contributed by atoms with E-state index in [0.717, 1.165) is 26.7 Å². The number of aliphatic hydroxyl groups excluding tert-OH is 1. The van der Waals surface area contributed by atoms with Gasteiger partial charge in [-0.25, -0.2) is 4.99 Å². The number of benzene rings is 4. The zero-order valence-corrected chi connectivity index (χ0v) is 25.8. The lowest BCUT2D eigenvalue weighted by Gasteiger charge is -2.30. The Bertz CT molecular complexity index is 1580. The Kier molecular flexibility index (Phi) is 10.3. The van der Waals surface area contributed by atoms with E-state index in [1.54, 1.807) is 12.1 Å². The van der Waals surface area contributed by atoms with Crippen molar-refractivity contribution < 1.29 is 19.4 Å². The normalized spacial score (nSPS) is 17.8. The third-order valence-electron chi connectivity index (χ3n) is 7.12. The molecule has 43 heavy (non-hydrogen) atoms. The molecule has 2 atom stereocenters. The number of nitrogens with zero attached hydrogens (tertiary/aromatic N) is 1. The van der Waals surface area contributed by atoms with Gasteiger partial charge in [-0.2, -0.15) is 0 Å². The van der Waals surface area contributed by atoms with E-state index in [0.29, 0.717) is 42.7 Å². The maximum Gasteiger partial charge on any atom is 0.252 e. The fourth-order valence-corrected chi connectivity index (χ4v) is 5.48. The van der Waals surface area contributed by atoms with Crippen LogP contribution in [0.25, 0.3) is 6.08 Å². The highest BCUT2D eigenvalue weighted by molar-refractivity contribution is 9.10. The molecule has 0 radical (unpaired) electrons. The molecule has 0 bridgehead atoms. The van der Waals surface area contributed by atoms with Crippen molar-refractivity contribution in [3.63, 3.8) is 0 Å². The molecule has 0 unspecified atom stereocenters. The molecular weight excluding hydrogens is 628 g/mol. The number of ether oxygens (including phenoxy) is 2. The largest absolute Gasteiger partial charge is 0.494 e. The minimum atomic E-state index is -1.30. The van der Waals surface area contributed by atoms with E-state index in [1.165, 1.54) is 0 Å². The van der Waals surface area contributed by atoms with Gasteiger partial charge < -0.3 is 19.9 Å². The van der Waals surface area contributed by atoms with Crippen LogP contribution in [-0.2, 0) is 16.1 Å². The summed E-state index contributed by atoms with van der Waals surface area (Å²) in [4.78, 5) is 19.4. The molecule has 0 saturated carbocycles. The number of hydrogen-bond acceptors (Lipinski definition) is 5. The lowest BCUT2D eigenvalue weighted by molar-refractivity contribution is -0.129. The highest BCUT2D eigenvalue weighted by Gasteiger charge is 2.53. The van der Waals surface area contributed by atoms with E-state index in [4.69, 9.17) is 31.2 Å². The molecule has 1 heterocycles. The van der Waals surface area contributed by atoms with Gasteiger partial charge in [-0.05, 0) is 53.6 Å². The lowest BCUT2D eigenvalue weighted by Crippen LogP contribution is -2.47. The van der Waals surface area contributed by atoms with Gasteiger partial charge in [0.15, 0.2) is 11.6 Å². The van der Waals surface area contributed by atoms with Gasteiger partial charge in [0.25, 0.3) is 5.91 Å². The van der Waals surface area contributed by atoms with Crippen molar-refractivity contribution in [2.45, 2.75) is 31.0 Å². The number of halogens is 2. The average molecular weight is 660 g/mol. The van der Waals surface area contributed by atoms with Gasteiger partial charge >= 0.3 is 0 Å². The summed E-state index contributed by atoms with van der Waals surface area (Å²) in [5.74, 6) is 0.799.